The Morgan fingerprint density at radius 2 is 2.00 bits per heavy atom. The zero-order chi connectivity index (χ0) is 9.90. The van der Waals surface area contributed by atoms with Crippen LogP contribution in [0.1, 0.15) is 39.0 Å². The summed E-state index contributed by atoms with van der Waals surface area (Å²) in [6.45, 7) is 2.09. The molecular formula is C8H18N2O2S. The molecule has 0 radical (unpaired) electrons. The molecule has 0 amide bonds. The molecule has 0 aliphatic heterocycles. The predicted octanol–water partition coefficient (Wildman–Crippen LogP) is 0.748. The lowest BCUT2D eigenvalue weighted by Gasteiger charge is -2.30. The Kier molecular flexibility index (Phi) is 3.70. The third-order valence-corrected chi connectivity index (χ3v) is 3.38. The Balaban J connectivity index is 2.55. The molecule has 1 fully saturated rings. The SMILES string of the molecule is CCC1CCCCC1NS(N)(=O)=O. The maximum atomic E-state index is 10.8. The van der Waals surface area contributed by atoms with E-state index in [0.29, 0.717) is 5.92 Å². The van der Waals surface area contributed by atoms with E-state index in [1.807, 2.05) is 0 Å². The summed E-state index contributed by atoms with van der Waals surface area (Å²) in [5.74, 6) is 0.465. The van der Waals surface area contributed by atoms with Gasteiger partial charge in [0.15, 0.2) is 0 Å². The average Bonchev–Trinajstić information content (AvgIpc) is 2.02. The molecule has 0 aromatic rings. The Morgan fingerprint density at radius 1 is 1.38 bits per heavy atom. The normalized spacial score (nSPS) is 30.3. The first-order valence-electron chi connectivity index (χ1n) is 4.83. The van der Waals surface area contributed by atoms with Gasteiger partial charge in [-0.25, -0.2) is 5.14 Å². The highest BCUT2D eigenvalue weighted by Gasteiger charge is 2.25. The summed E-state index contributed by atoms with van der Waals surface area (Å²) in [6.07, 6.45) is 5.37. The summed E-state index contributed by atoms with van der Waals surface area (Å²) in [5, 5.41) is 4.94. The van der Waals surface area contributed by atoms with Gasteiger partial charge in [0.2, 0.25) is 0 Å². The third-order valence-electron chi connectivity index (χ3n) is 2.75. The van der Waals surface area contributed by atoms with Gasteiger partial charge in [-0.1, -0.05) is 26.2 Å². The summed E-state index contributed by atoms with van der Waals surface area (Å²) in [4.78, 5) is 0. The quantitative estimate of drug-likeness (QED) is 0.715. The summed E-state index contributed by atoms with van der Waals surface area (Å²) in [6, 6.07) is 0.0637. The highest BCUT2D eigenvalue weighted by molar-refractivity contribution is 7.87. The zero-order valence-corrected chi connectivity index (χ0v) is 8.81. The monoisotopic (exact) mass is 206 g/mol. The number of hydrogen-bond acceptors (Lipinski definition) is 2. The molecule has 13 heavy (non-hydrogen) atoms. The van der Waals surface area contributed by atoms with Gasteiger partial charge in [0.1, 0.15) is 0 Å². The minimum Gasteiger partial charge on any atom is -0.216 e. The molecule has 4 nitrogen and oxygen atoms in total. The van der Waals surface area contributed by atoms with Crippen LogP contribution in [0.25, 0.3) is 0 Å². The van der Waals surface area contributed by atoms with E-state index in [2.05, 4.69) is 11.6 Å². The van der Waals surface area contributed by atoms with Crippen LogP contribution in [0, 0.1) is 5.92 Å². The summed E-state index contributed by atoms with van der Waals surface area (Å²) >= 11 is 0. The van der Waals surface area contributed by atoms with E-state index in [1.165, 1.54) is 6.42 Å². The van der Waals surface area contributed by atoms with E-state index >= 15 is 0 Å². The Morgan fingerprint density at radius 3 is 2.54 bits per heavy atom. The van der Waals surface area contributed by atoms with Gasteiger partial charge < -0.3 is 0 Å². The molecule has 0 aromatic carbocycles. The van der Waals surface area contributed by atoms with E-state index in [9.17, 15) is 8.42 Å². The van der Waals surface area contributed by atoms with Crippen LogP contribution in [0.2, 0.25) is 0 Å². The van der Waals surface area contributed by atoms with E-state index < -0.39 is 10.2 Å². The van der Waals surface area contributed by atoms with Crippen molar-refractivity contribution in [1.29, 1.82) is 0 Å². The van der Waals surface area contributed by atoms with Crippen LogP contribution in [0.4, 0.5) is 0 Å². The molecule has 1 aliphatic rings. The molecule has 1 saturated carbocycles. The van der Waals surface area contributed by atoms with Crippen LogP contribution in [0.15, 0.2) is 0 Å². The van der Waals surface area contributed by atoms with E-state index in [-0.39, 0.29) is 6.04 Å². The maximum absolute atomic E-state index is 10.8. The van der Waals surface area contributed by atoms with Crippen LogP contribution < -0.4 is 9.86 Å². The molecule has 78 valence electrons. The first-order chi connectivity index (χ1) is 6.03. The summed E-state index contributed by atoms with van der Waals surface area (Å²) in [5.41, 5.74) is 0. The number of rotatable bonds is 3. The van der Waals surface area contributed by atoms with Gasteiger partial charge in [0.25, 0.3) is 10.2 Å². The first kappa shape index (κ1) is 10.9. The Labute approximate surface area is 80.1 Å². The first-order valence-corrected chi connectivity index (χ1v) is 6.37. The van der Waals surface area contributed by atoms with Crippen molar-refractivity contribution in [3.8, 4) is 0 Å². The van der Waals surface area contributed by atoms with E-state index in [1.54, 1.807) is 0 Å². The van der Waals surface area contributed by atoms with Crippen LogP contribution in [-0.2, 0) is 10.2 Å². The summed E-state index contributed by atoms with van der Waals surface area (Å²) in [7, 11) is -3.52. The second kappa shape index (κ2) is 4.39. The third kappa shape index (κ3) is 3.62. The largest absolute Gasteiger partial charge is 0.274 e. The smallest absolute Gasteiger partial charge is 0.216 e. The van der Waals surface area contributed by atoms with Gasteiger partial charge in [-0.15, -0.1) is 0 Å². The minimum atomic E-state index is -3.52. The van der Waals surface area contributed by atoms with Gasteiger partial charge >= 0.3 is 0 Å². The Hall–Kier alpha value is -0.130. The molecule has 2 unspecified atom stereocenters. The Bertz CT molecular complexity index is 251. The van der Waals surface area contributed by atoms with Crippen molar-refractivity contribution in [3.05, 3.63) is 0 Å². The second-order valence-corrected chi connectivity index (χ2v) is 5.05. The van der Waals surface area contributed by atoms with Gasteiger partial charge in [-0.05, 0) is 18.8 Å². The van der Waals surface area contributed by atoms with E-state index in [4.69, 9.17) is 5.14 Å². The highest BCUT2D eigenvalue weighted by Crippen LogP contribution is 2.26. The summed E-state index contributed by atoms with van der Waals surface area (Å²) < 4.78 is 24.2. The number of hydrogen-bond donors (Lipinski definition) is 2. The fraction of sp³-hybridized carbons (Fsp3) is 1.00. The molecule has 0 aromatic heterocycles. The zero-order valence-electron chi connectivity index (χ0n) is 7.99. The van der Waals surface area contributed by atoms with Crippen molar-refractivity contribution in [2.45, 2.75) is 45.1 Å². The maximum Gasteiger partial charge on any atom is 0.274 e. The van der Waals surface area contributed by atoms with Gasteiger partial charge in [-0.2, -0.15) is 13.1 Å². The van der Waals surface area contributed by atoms with Gasteiger partial charge in [-0.3, -0.25) is 0 Å². The van der Waals surface area contributed by atoms with Gasteiger partial charge in [0, 0.05) is 6.04 Å². The molecule has 0 saturated heterocycles. The lowest BCUT2D eigenvalue weighted by atomic mass is 9.83. The van der Waals surface area contributed by atoms with Crippen molar-refractivity contribution in [2.75, 3.05) is 0 Å². The van der Waals surface area contributed by atoms with Crippen LogP contribution in [-0.4, -0.2) is 14.5 Å². The fourth-order valence-electron chi connectivity index (χ4n) is 2.06. The average molecular weight is 206 g/mol. The molecule has 2 atom stereocenters. The minimum absolute atomic E-state index is 0.0637. The molecule has 5 heteroatoms. The van der Waals surface area contributed by atoms with E-state index in [0.717, 1.165) is 25.7 Å². The fourth-order valence-corrected chi connectivity index (χ4v) is 2.79. The van der Waals surface area contributed by atoms with Crippen molar-refractivity contribution in [3.63, 3.8) is 0 Å². The predicted molar refractivity (Wildman–Crippen MR) is 52.3 cm³/mol. The molecule has 1 rings (SSSR count). The molecule has 0 bridgehead atoms. The van der Waals surface area contributed by atoms with Crippen molar-refractivity contribution in [2.24, 2.45) is 11.1 Å². The number of nitrogens with one attached hydrogen (secondary N) is 1. The highest BCUT2D eigenvalue weighted by atomic mass is 32.2. The van der Waals surface area contributed by atoms with Crippen molar-refractivity contribution >= 4 is 10.2 Å². The molecule has 1 aliphatic carbocycles. The topological polar surface area (TPSA) is 72.2 Å². The van der Waals surface area contributed by atoms with Crippen LogP contribution >= 0.6 is 0 Å². The lowest BCUT2D eigenvalue weighted by Crippen LogP contribution is -2.44. The molecular weight excluding hydrogens is 188 g/mol. The molecule has 3 N–H and O–H groups in total. The van der Waals surface area contributed by atoms with Crippen LogP contribution in [0.3, 0.4) is 0 Å². The molecule has 0 heterocycles. The van der Waals surface area contributed by atoms with Crippen molar-refractivity contribution in [1.82, 2.24) is 4.72 Å². The lowest BCUT2D eigenvalue weighted by molar-refractivity contribution is 0.282. The second-order valence-electron chi connectivity index (χ2n) is 3.72. The van der Waals surface area contributed by atoms with Crippen molar-refractivity contribution < 1.29 is 8.42 Å². The standard InChI is InChI=1S/C8H18N2O2S/c1-2-7-5-3-4-6-8(7)10-13(9,11)12/h7-8,10H,2-6H2,1H3,(H2,9,11,12). The van der Waals surface area contributed by atoms with Gasteiger partial charge in [0.05, 0.1) is 0 Å². The molecule has 0 spiro atoms. The number of nitrogens with two attached hydrogens (primary N) is 1. The van der Waals surface area contributed by atoms with Crippen LogP contribution in [0.5, 0.6) is 0 Å².